The molecule has 2 aromatic rings. The Morgan fingerprint density at radius 3 is 2.70 bits per heavy atom. The van der Waals surface area contributed by atoms with Gasteiger partial charge in [-0.25, -0.2) is 9.97 Å². The van der Waals surface area contributed by atoms with Crippen molar-refractivity contribution in [2.24, 2.45) is 0 Å². The third kappa shape index (κ3) is 4.69. The van der Waals surface area contributed by atoms with E-state index in [9.17, 15) is 4.79 Å². The minimum Gasteiger partial charge on any atom is -0.342 e. The van der Waals surface area contributed by atoms with E-state index in [1.807, 2.05) is 44.0 Å². The van der Waals surface area contributed by atoms with Crippen LogP contribution in [0.1, 0.15) is 44.1 Å². The molecular formula is C21H29N5O. The zero-order chi connectivity index (χ0) is 19.2. The van der Waals surface area contributed by atoms with Crippen molar-refractivity contribution in [3.63, 3.8) is 0 Å². The van der Waals surface area contributed by atoms with E-state index in [4.69, 9.17) is 4.98 Å². The van der Waals surface area contributed by atoms with E-state index in [-0.39, 0.29) is 5.91 Å². The van der Waals surface area contributed by atoms with Crippen LogP contribution in [0.15, 0.2) is 30.7 Å². The van der Waals surface area contributed by atoms with Crippen LogP contribution in [0, 0.1) is 6.92 Å². The normalized spacial score (nSPS) is 17.7. The monoisotopic (exact) mass is 367 g/mol. The molecule has 0 radical (unpaired) electrons. The average molecular weight is 367 g/mol. The molecular weight excluding hydrogens is 338 g/mol. The van der Waals surface area contributed by atoms with Gasteiger partial charge in [0.15, 0.2) is 0 Å². The van der Waals surface area contributed by atoms with Crippen LogP contribution in [-0.2, 0) is 4.79 Å². The highest BCUT2D eigenvalue weighted by Gasteiger charge is 2.27. The predicted octanol–water partition coefficient (Wildman–Crippen LogP) is 2.89. The van der Waals surface area contributed by atoms with Crippen LogP contribution in [0.5, 0.6) is 0 Å². The number of likely N-dealkylation sites (tertiary alicyclic amines) is 1. The smallest absolute Gasteiger partial charge is 0.236 e. The van der Waals surface area contributed by atoms with Crippen LogP contribution in [0.4, 0.5) is 0 Å². The molecule has 0 aliphatic carbocycles. The fraction of sp³-hybridized carbons (Fsp3) is 0.524. The summed E-state index contributed by atoms with van der Waals surface area (Å²) in [4.78, 5) is 30.0. The average Bonchev–Trinajstić information content (AvgIpc) is 2.70. The lowest BCUT2D eigenvalue weighted by atomic mass is 9.90. The molecule has 144 valence electrons. The van der Waals surface area contributed by atoms with Gasteiger partial charge in [0.05, 0.1) is 12.2 Å². The van der Waals surface area contributed by atoms with E-state index in [1.165, 1.54) is 0 Å². The first-order valence-corrected chi connectivity index (χ1v) is 9.86. The van der Waals surface area contributed by atoms with Gasteiger partial charge >= 0.3 is 0 Å². The number of carbonyl (C=O) groups excluding carboxylic acids is 1. The third-order valence-electron chi connectivity index (χ3n) is 5.30. The van der Waals surface area contributed by atoms with Gasteiger partial charge in [-0.15, -0.1) is 0 Å². The lowest BCUT2D eigenvalue weighted by molar-refractivity contribution is -0.132. The second-order valence-electron chi connectivity index (χ2n) is 7.09. The zero-order valence-corrected chi connectivity index (χ0v) is 16.6. The molecule has 0 aromatic carbocycles. The first-order chi connectivity index (χ1) is 13.1. The van der Waals surface area contributed by atoms with Crippen molar-refractivity contribution in [3.8, 4) is 11.1 Å². The highest BCUT2D eigenvalue weighted by molar-refractivity contribution is 5.78. The summed E-state index contributed by atoms with van der Waals surface area (Å²) in [6, 6.07) is 4.00. The molecule has 2 aromatic heterocycles. The summed E-state index contributed by atoms with van der Waals surface area (Å²) >= 11 is 0. The van der Waals surface area contributed by atoms with Crippen LogP contribution >= 0.6 is 0 Å². The Labute approximate surface area is 161 Å². The molecule has 1 saturated heterocycles. The first kappa shape index (κ1) is 19.4. The molecule has 0 bridgehead atoms. The van der Waals surface area contributed by atoms with Gasteiger partial charge in [0.2, 0.25) is 5.91 Å². The lowest BCUT2D eigenvalue weighted by Gasteiger charge is -2.34. The SMILES string of the molecule is CCN(CC)C(=O)CN1CCC[C@H](c2nc(C)ncc2-c2ccncc2)C1. The summed E-state index contributed by atoms with van der Waals surface area (Å²) in [6.45, 7) is 9.86. The number of aromatic nitrogens is 3. The van der Waals surface area contributed by atoms with E-state index >= 15 is 0 Å². The molecule has 1 aliphatic rings. The summed E-state index contributed by atoms with van der Waals surface area (Å²) < 4.78 is 0. The standard InChI is InChI=1S/C21H29N5O/c1-4-26(5-2)20(27)15-25-12-6-7-18(14-25)21-19(13-23-16(3)24-21)17-8-10-22-11-9-17/h8-11,13,18H,4-7,12,14-15H2,1-3H3/t18-/m0/s1. The van der Waals surface area contributed by atoms with Crippen LogP contribution in [0.3, 0.4) is 0 Å². The van der Waals surface area contributed by atoms with E-state index in [0.717, 1.165) is 61.7 Å². The third-order valence-corrected chi connectivity index (χ3v) is 5.30. The Balaban J connectivity index is 1.80. The van der Waals surface area contributed by atoms with E-state index in [0.29, 0.717) is 12.5 Å². The lowest BCUT2D eigenvalue weighted by Crippen LogP contribution is -2.43. The number of amides is 1. The Morgan fingerprint density at radius 1 is 1.26 bits per heavy atom. The van der Waals surface area contributed by atoms with Gasteiger partial charge in [0.1, 0.15) is 5.82 Å². The summed E-state index contributed by atoms with van der Waals surface area (Å²) in [5, 5.41) is 0. The van der Waals surface area contributed by atoms with Gasteiger partial charge in [-0.3, -0.25) is 14.7 Å². The molecule has 3 heterocycles. The first-order valence-electron chi connectivity index (χ1n) is 9.86. The van der Waals surface area contributed by atoms with Crippen LogP contribution < -0.4 is 0 Å². The number of hydrogen-bond donors (Lipinski definition) is 0. The van der Waals surface area contributed by atoms with Gasteiger partial charge < -0.3 is 4.90 Å². The molecule has 27 heavy (non-hydrogen) atoms. The summed E-state index contributed by atoms with van der Waals surface area (Å²) in [7, 11) is 0. The summed E-state index contributed by atoms with van der Waals surface area (Å²) in [5.41, 5.74) is 3.26. The van der Waals surface area contributed by atoms with Gasteiger partial charge in [-0.1, -0.05) is 0 Å². The molecule has 1 amide bonds. The highest BCUT2D eigenvalue weighted by Crippen LogP contribution is 2.32. The fourth-order valence-electron chi connectivity index (χ4n) is 3.84. The van der Waals surface area contributed by atoms with Crippen LogP contribution in [0.25, 0.3) is 11.1 Å². The second kappa shape index (κ2) is 9.04. The van der Waals surface area contributed by atoms with Crippen molar-refractivity contribution in [1.29, 1.82) is 0 Å². The molecule has 0 N–H and O–H groups in total. The number of nitrogens with zero attached hydrogens (tertiary/aromatic N) is 5. The van der Waals surface area contributed by atoms with Gasteiger partial charge in [0.25, 0.3) is 0 Å². The molecule has 0 spiro atoms. The molecule has 0 unspecified atom stereocenters. The van der Waals surface area contributed by atoms with Crippen LogP contribution in [-0.4, -0.2) is 63.4 Å². The predicted molar refractivity (Wildman–Crippen MR) is 106 cm³/mol. The topological polar surface area (TPSA) is 62.2 Å². The van der Waals surface area contributed by atoms with Crippen molar-refractivity contribution in [2.75, 3.05) is 32.7 Å². The Kier molecular flexibility index (Phi) is 6.50. The fourth-order valence-corrected chi connectivity index (χ4v) is 3.84. The molecule has 1 fully saturated rings. The number of likely N-dealkylation sites (N-methyl/N-ethyl adjacent to an activating group) is 1. The van der Waals surface area contributed by atoms with E-state index in [1.54, 1.807) is 12.4 Å². The molecule has 6 heteroatoms. The van der Waals surface area contributed by atoms with Gasteiger partial charge in [-0.2, -0.15) is 0 Å². The van der Waals surface area contributed by atoms with Crippen molar-refractivity contribution in [1.82, 2.24) is 24.8 Å². The minimum atomic E-state index is 0.217. The van der Waals surface area contributed by atoms with E-state index in [2.05, 4.69) is 14.9 Å². The number of pyridine rings is 1. The minimum absolute atomic E-state index is 0.217. The number of aryl methyl sites for hydroxylation is 1. The number of rotatable bonds is 6. The Hall–Kier alpha value is -2.34. The summed E-state index contributed by atoms with van der Waals surface area (Å²) in [5.74, 6) is 1.32. The quantitative estimate of drug-likeness (QED) is 0.786. The molecule has 1 atom stereocenters. The Morgan fingerprint density at radius 2 is 2.00 bits per heavy atom. The molecule has 6 nitrogen and oxygen atoms in total. The number of hydrogen-bond acceptors (Lipinski definition) is 5. The van der Waals surface area contributed by atoms with E-state index < -0.39 is 0 Å². The maximum Gasteiger partial charge on any atom is 0.236 e. The number of carbonyl (C=O) groups is 1. The zero-order valence-electron chi connectivity index (χ0n) is 16.6. The molecule has 1 aliphatic heterocycles. The van der Waals surface area contributed by atoms with Crippen molar-refractivity contribution in [2.45, 2.75) is 39.5 Å². The van der Waals surface area contributed by atoms with Gasteiger partial charge in [0, 0.05) is 49.7 Å². The Bertz CT molecular complexity index is 760. The second-order valence-corrected chi connectivity index (χ2v) is 7.09. The van der Waals surface area contributed by atoms with Crippen molar-refractivity contribution >= 4 is 5.91 Å². The molecule has 3 rings (SSSR count). The number of piperidine rings is 1. The maximum absolute atomic E-state index is 12.5. The highest BCUT2D eigenvalue weighted by atomic mass is 16.2. The maximum atomic E-state index is 12.5. The van der Waals surface area contributed by atoms with Crippen molar-refractivity contribution < 1.29 is 4.79 Å². The largest absolute Gasteiger partial charge is 0.342 e. The molecule has 0 saturated carbocycles. The van der Waals surface area contributed by atoms with Crippen molar-refractivity contribution in [3.05, 3.63) is 42.2 Å². The van der Waals surface area contributed by atoms with Gasteiger partial charge in [-0.05, 0) is 57.9 Å². The summed E-state index contributed by atoms with van der Waals surface area (Å²) in [6.07, 6.45) is 7.69. The van der Waals surface area contributed by atoms with Crippen LogP contribution in [0.2, 0.25) is 0 Å².